The van der Waals surface area contributed by atoms with Crippen molar-refractivity contribution in [2.24, 2.45) is 23.7 Å². The Labute approximate surface area is 302 Å². The lowest BCUT2D eigenvalue weighted by Crippen LogP contribution is -2.47. The van der Waals surface area contributed by atoms with Gasteiger partial charge >= 0.3 is 11.9 Å². The van der Waals surface area contributed by atoms with Gasteiger partial charge < -0.3 is 20.1 Å². The van der Waals surface area contributed by atoms with E-state index in [-0.39, 0.29) is 66.5 Å². The van der Waals surface area contributed by atoms with E-state index in [1.807, 2.05) is 51.2 Å². The van der Waals surface area contributed by atoms with Crippen molar-refractivity contribution in [3.8, 4) is 0 Å². The lowest BCUT2D eigenvalue weighted by Gasteiger charge is -2.36. The summed E-state index contributed by atoms with van der Waals surface area (Å²) in [6.45, 7) is 7.84. The van der Waals surface area contributed by atoms with Crippen LogP contribution in [-0.4, -0.2) is 88.2 Å². The number of carboxylic acid groups (broad SMARTS) is 1. The highest BCUT2D eigenvalue weighted by molar-refractivity contribution is 5.92. The second-order valence-corrected chi connectivity index (χ2v) is 15.0. The summed E-state index contributed by atoms with van der Waals surface area (Å²) in [6, 6.07) is 13.5. The van der Waals surface area contributed by atoms with E-state index >= 15 is 0 Å². The summed E-state index contributed by atoms with van der Waals surface area (Å²) in [5, 5.41) is 12.5. The standard InChI is InChI=1S/C40H56N4O7/c1-25(2)35(44(6)39(48)31(29-18-19-29)23-36(46)34-17-10-11-20-43(34)5)24-37(51-27(4)45)32-15-12-16-33(42-32)38(47)41-30(21-26(3)40(49)50)22-28-13-8-7-9-14-28/h7-9,12-16,25-26,29-31,34-35,37H,10-11,17-24H2,1-6H3,(H,41,47)(H,49,50)/t26-,30+,31-,34+,35+,37+/m0/s1. The molecule has 1 aromatic heterocycles. The zero-order chi connectivity index (χ0) is 37.2. The number of rotatable bonds is 18. The van der Waals surface area contributed by atoms with Gasteiger partial charge in [0.15, 0.2) is 5.78 Å². The topological polar surface area (TPSA) is 146 Å². The number of hydrogen-bond donors (Lipinski definition) is 2. The number of aliphatic carboxylic acids is 1. The molecule has 0 spiro atoms. The van der Waals surface area contributed by atoms with Crippen LogP contribution in [0.25, 0.3) is 0 Å². The van der Waals surface area contributed by atoms with Crippen molar-refractivity contribution >= 4 is 29.5 Å². The number of aromatic nitrogens is 1. The number of piperidine rings is 1. The van der Waals surface area contributed by atoms with Crippen LogP contribution < -0.4 is 5.32 Å². The molecule has 1 aliphatic carbocycles. The quantitative estimate of drug-likeness (QED) is 0.193. The molecule has 1 saturated carbocycles. The zero-order valence-electron chi connectivity index (χ0n) is 31.0. The predicted octanol–water partition coefficient (Wildman–Crippen LogP) is 5.48. The van der Waals surface area contributed by atoms with Crippen LogP contribution in [0.15, 0.2) is 48.5 Å². The minimum absolute atomic E-state index is 0.0153. The lowest BCUT2D eigenvalue weighted by molar-refractivity contribution is -0.149. The summed E-state index contributed by atoms with van der Waals surface area (Å²) in [4.78, 5) is 73.7. The van der Waals surface area contributed by atoms with Gasteiger partial charge in [0.2, 0.25) is 5.91 Å². The Morgan fingerprint density at radius 3 is 2.29 bits per heavy atom. The number of likely N-dealkylation sites (tertiary alicyclic amines) is 1. The second-order valence-electron chi connectivity index (χ2n) is 15.0. The van der Waals surface area contributed by atoms with Gasteiger partial charge in [-0.05, 0) is 81.6 Å². The fourth-order valence-corrected chi connectivity index (χ4v) is 7.38. The first-order valence-corrected chi connectivity index (χ1v) is 18.5. The summed E-state index contributed by atoms with van der Waals surface area (Å²) in [5.74, 6) is -2.74. The number of amides is 2. The zero-order valence-corrected chi connectivity index (χ0v) is 31.0. The molecule has 2 aromatic rings. The van der Waals surface area contributed by atoms with Crippen LogP contribution in [0.1, 0.15) is 107 Å². The number of hydrogen-bond acceptors (Lipinski definition) is 8. The van der Waals surface area contributed by atoms with Gasteiger partial charge in [-0.1, -0.05) is 63.6 Å². The Bertz CT molecular complexity index is 1510. The van der Waals surface area contributed by atoms with Crippen LogP contribution in [0, 0.1) is 23.7 Å². The summed E-state index contributed by atoms with van der Waals surface area (Å²) in [6.07, 6.45) is 5.10. The average Bonchev–Trinajstić information content (AvgIpc) is 3.94. The number of ketones is 1. The number of carbonyl (C=O) groups excluding carboxylic acids is 4. The molecule has 2 aliphatic rings. The fraction of sp³-hybridized carbons (Fsp3) is 0.600. The van der Waals surface area contributed by atoms with Crippen LogP contribution >= 0.6 is 0 Å². The largest absolute Gasteiger partial charge is 0.481 e. The Hall–Kier alpha value is -4.12. The van der Waals surface area contributed by atoms with E-state index in [0.717, 1.165) is 44.2 Å². The van der Waals surface area contributed by atoms with Crippen LogP contribution in [0.4, 0.5) is 0 Å². The van der Waals surface area contributed by atoms with Crippen molar-refractivity contribution in [1.29, 1.82) is 0 Å². The first-order chi connectivity index (χ1) is 24.2. The van der Waals surface area contributed by atoms with Gasteiger partial charge in [-0.25, -0.2) is 4.98 Å². The molecule has 278 valence electrons. The lowest BCUT2D eigenvalue weighted by atomic mass is 9.88. The van der Waals surface area contributed by atoms with E-state index in [0.29, 0.717) is 12.1 Å². The highest BCUT2D eigenvalue weighted by Gasteiger charge is 2.42. The number of carboxylic acids is 1. The predicted molar refractivity (Wildman–Crippen MR) is 194 cm³/mol. The summed E-state index contributed by atoms with van der Waals surface area (Å²) >= 11 is 0. The van der Waals surface area contributed by atoms with E-state index in [4.69, 9.17) is 4.74 Å². The van der Waals surface area contributed by atoms with E-state index in [1.165, 1.54) is 6.92 Å². The Morgan fingerprint density at radius 2 is 1.69 bits per heavy atom. The SMILES string of the molecule is CC(=O)O[C@H](C[C@H](C(C)C)N(C)C(=O)[C@@H](CC(=O)[C@H]1CCCCN1C)C1CC1)c1cccc(C(=O)N[C@@H](Cc2ccccc2)C[C@H](C)C(=O)O)n1. The van der Waals surface area contributed by atoms with Gasteiger partial charge in [0.1, 0.15) is 11.8 Å². The van der Waals surface area contributed by atoms with Gasteiger partial charge in [0, 0.05) is 44.8 Å². The Morgan fingerprint density at radius 1 is 0.980 bits per heavy atom. The van der Waals surface area contributed by atoms with Crippen LogP contribution in [-0.2, 0) is 30.3 Å². The van der Waals surface area contributed by atoms with Crippen molar-refractivity contribution in [3.05, 3.63) is 65.5 Å². The van der Waals surface area contributed by atoms with E-state index in [1.54, 1.807) is 37.1 Å². The maximum absolute atomic E-state index is 14.2. The Balaban J connectivity index is 1.52. The summed E-state index contributed by atoms with van der Waals surface area (Å²) < 4.78 is 5.80. The summed E-state index contributed by atoms with van der Waals surface area (Å²) in [5.41, 5.74) is 1.44. The maximum atomic E-state index is 14.2. The molecular weight excluding hydrogens is 648 g/mol. The van der Waals surface area contributed by atoms with Crippen LogP contribution in [0.5, 0.6) is 0 Å². The molecule has 2 amide bonds. The van der Waals surface area contributed by atoms with Gasteiger partial charge in [-0.3, -0.25) is 28.9 Å². The molecule has 1 aromatic carbocycles. The van der Waals surface area contributed by atoms with Gasteiger partial charge in [-0.2, -0.15) is 0 Å². The minimum Gasteiger partial charge on any atom is -0.481 e. The van der Waals surface area contributed by atoms with Crippen molar-refractivity contribution in [2.75, 3.05) is 20.6 Å². The molecule has 0 unspecified atom stereocenters. The summed E-state index contributed by atoms with van der Waals surface area (Å²) in [7, 11) is 3.76. The molecule has 1 aliphatic heterocycles. The number of esters is 1. The number of nitrogens with one attached hydrogen (secondary N) is 1. The normalized spacial score (nSPS) is 19.3. The highest BCUT2D eigenvalue weighted by Crippen LogP contribution is 2.41. The Kier molecular flexibility index (Phi) is 14.3. The number of pyridine rings is 1. The van der Waals surface area contributed by atoms with E-state index in [2.05, 4.69) is 15.2 Å². The molecule has 2 heterocycles. The smallest absolute Gasteiger partial charge is 0.306 e. The first kappa shape index (κ1) is 39.7. The van der Waals surface area contributed by atoms with Gasteiger partial charge in [-0.15, -0.1) is 0 Å². The van der Waals surface area contributed by atoms with Crippen molar-refractivity contribution in [3.63, 3.8) is 0 Å². The molecule has 6 atom stereocenters. The molecular formula is C40H56N4O7. The number of Topliss-reactive ketones (excluding diaryl/α,β-unsaturated/α-hetero) is 1. The van der Waals surface area contributed by atoms with Crippen molar-refractivity contribution in [2.45, 2.75) is 110 Å². The van der Waals surface area contributed by atoms with Crippen LogP contribution in [0.3, 0.4) is 0 Å². The van der Waals surface area contributed by atoms with E-state index in [9.17, 15) is 29.1 Å². The minimum atomic E-state index is -0.943. The van der Waals surface area contributed by atoms with Crippen molar-refractivity contribution < 1.29 is 33.8 Å². The monoisotopic (exact) mass is 704 g/mol. The number of likely N-dealkylation sites (N-methyl/N-ethyl adjacent to an activating group) is 1. The molecule has 4 rings (SSSR count). The molecule has 1 saturated heterocycles. The third-order valence-electron chi connectivity index (χ3n) is 10.5. The van der Waals surface area contributed by atoms with Gasteiger partial charge in [0.05, 0.1) is 17.7 Å². The number of benzene rings is 1. The third-order valence-corrected chi connectivity index (χ3v) is 10.5. The van der Waals surface area contributed by atoms with Crippen LogP contribution in [0.2, 0.25) is 0 Å². The number of nitrogens with zero attached hydrogens (tertiary/aromatic N) is 3. The number of carbonyl (C=O) groups is 5. The molecule has 11 nitrogen and oxygen atoms in total. The molecule has 2 fully saturated rings. The third kappa shape index (κ3) is 11.4. The number of ether oxygens (including phenoxy) is 1. The molecule has 0 bridgehead atoms. The second kappa shape index (κ2) is 18.4. The van der Waals surface area contributed by atoms with E-state index < -0.39 is 35.9 Å². The molecule has 11 heteroatoms. The molecule has 0 radical (unpaired) electrons. The van der Waals surface area contributed by atoms with Crippen molar-refractivity contribution in [1.82, 2.24) is 20.1 Å². The molecule has 2 N–H and O–H groups in total. The van der Waals surface area contributed by atoms with Gasteiger partial charge in [0.25, 0.3) is 5.91 Å². The average molecular weight is 705 g/mol. The fourth-order valence-electron chi connectivity index (χ4n) is 7.38. The maximum Gasteiger partial charge on any atom is 0.306 e. The molecule has 51 heavy (non-hydrogen) atoms. The highest BCUT2D eigenvalue weighted by atomic mass is 16.5. The first-order valence-electron chi connectivity index (χ1n) is 18.5.